The van der Waals surface area contributed by atoms with E-state index < -0.39 is 0 Å². The monoisotopic (exact) mass is 206 g/mol. The highest BCUT2D eigenvalue weighted by molar-refractivity contribution is 5.06. The molecule has 1 heterocycles. The summed E-state index contributed by atoms with van der Waals surface area (Å²) in [5, 5.41) is 16.3. The van der Waals surface area contributed by atoms with Gasteiger partial charge in [-0.2, -0.15) is 10.4 Å². The number of nitrogens with one attached hydrogen (secondary N) is 1. The van der Waals surface area contributed by atoms with Crippen LogP contribution in [0.1, 0.15) is 32.5 Å². The van der Waals surface area contributed by atoms with E-state index in [1.54, 1.807) is 6.20 Å². The van der Waals surface area contributed by atoms with Gasteiger partial charge in [-0.25, -0.2) is 0 Å². The van der Waals surface area contributed by atoms with Crippen molar-refractivity contribution in [3.8, 4) is 6.07 Å². The van der Waals surface area contributed by atoms with Crippen molar-refractivity contribution in [3.05, 3.63) is 18.0 Å². The van der Waals surface area contributed by atoms with Crippen molar-refractivity contribution in [1.82, 2.24) is 15.1 Å². The zero-order valence-corrected chi connectivity index (χ0v) is 9.78. The second kappa shape index (κ2) is 4.45. The van der Waals surface area contributed by atoms with Crippen molar-refractivity contribution in [3.63, 3.8) is 0 Å². The summed E-state index contributed by atoms with van der Waals surface area (Å²) in [4.78, 5) is 0. The van der Waals surface area contributed by atoms with E-state index in [0.29, 0.717) is 6.54 Å². The molecule has 0 aliphatic rings. The molecule has 0 bridgehead atoms. The number of nitriles is 1. The zero-order valence-electron chi connectivity index (χ0n) is 9.78. The van der Waals surface area contributed by atoms with Gasteiger partial charge in [-0.05, 0) is 26.8 Å². The minimum absolute atomic E-state index is 0.213. The van der Waals surface area contributed by atoms with E-state index in [2.05, 4.69) is 23.4 Å². The first-order chi connectivity index (χ1) is 6.96. The van der Waals surface area contributed by atoms with Crippen molar-refractivity contribution in [1.29, 1.82) is 5.26 Å². The van der Waals surface area contributed by atoms with Gasteiger partial charge in [0.05, 0.1) is 17.2 Å². The number of rotatable bonds is 4. The SMILES string of the molecule is CC(NCC(C)(C)C#N)c1ccnn1C. The van der Waals surface area contributed by atoms with Crippen LogP contribution in [-0.2, 0) is 7.05 Å². The number of aryl methyl sites for hydroxylation is 1. The van der Waals surface area contributed by atoms with Crippen molar-refractivity contribution in [2.45, 2.75) is 26.8 Å². The van der Waals surface area contributed by atoms with E-state index in [0.717, 1.165) is 5.69 Å². The lowest BCUT2D eigenvalue weighted by atomic mass is 9.95. The smallest absolute Gasteiger partial charge is 0.0697 e. The molecule has 1 rings (SSSR count). The fourth-order valence-electron chi connectivity index (χ4n) is 1.36. The van der Waals surface area contributed by atoms with Gasteiger partial charge < -0.3 is 5.32 Å². The van der Waals surface area contributed by atoms with Gasteiger partial charge in [0.1, 0.15) is 0 Å². The summed E-state index contributed by atoms with van der Waals surface area (Å²) in [5.74, 6) is 0. The molecule has 15 heavy (non-hydrogen) atoms. The predicted molar refractivity (Wildman–Crippen MR) is 59.0 cm³/mol. The molecule has 0 amide bonds. The van der Waals surface area contributed by atoms with Crippen LogP contribution in [0.2, 0.25) is 0 Å². The lowest BCUT2D eigenvalue weighted by Crippen LogP contribution is -2.31. The van der Waals surface area contributed by atoms with E-state index in [-0.39, 0.29) is 11.5 Å². The second-order valence-corrected chi connectivity index (χ2v) is 4.48. The summed E-state index contributed by atoms with van der Waals surface area (Å²) in [6, 6.07) is 4.47. The third kappa shape index (κ3) is 3.07. The Morgan fingerprint density at radius 1 is 1.67 bits per heavy atom. The lowest BCUT2D eigenvalue weighted by molar-refractivity contribution is 0.406. The first-order valence-corrected chi connectivity index (χ1v) is 5.09. The first kappa shape index (κ1) is 11.7. The van der Waals surface area contributed by atoms with Gasteiger partial charge in [0.15, 0.2) is 0 Å². The molecule has 0 saturated carbocycles. The molecule has 0 aromatic carbocycles. The zero-order chi connectivity index (χ0) is 11.5. The van der Waals surface area contributed by atoms with Crippen LogP contribution in [0.4, 0.5) is 0 Å². The number of hydrogen-bond donors (Lipinski definition) is 1. The molecular weight excluding hydrogens is 188 g/mol. The molecule has 4 heteroatoms. The molecule has 1 N–H and O–H groups in total. The Bertz CT molecular complexity index is 359. The molecule has 0 aliphatic carbocycles. The minimum atomic E-state index is -0.327. The van der Waals surface area contributed by atoms with Crippen LogP contribution in [0.5, 0.6) is 0 Å². The van der Waals surface area contributed by atoms with E-state index >= 15 is 0 Å². The topological polar surface area (TPSA) is 53.6 Å². The Kier molecular flexibility index (Phi) is 3.48. The Labute approximate surface area is 90.9 Å². The average Bonchev–Trinajstić information content (AvgIpc) is 2.61. The fourth-order valence-corrected chi connectivity index (χ4v) is 1.36. The molecule has 1 aromatic rings. The van der Waals surface area contributed by atoms with Crippen LogP contribution < -0.4 is 5.32 Å². The van der Waals surface area contributed by atoms with Gasteiger partial charge in [-0.15, -0.1) is 0 Å². The van der Waals surface area contributed by atoms with Crippen LogP contribution in [0, 0.1) is 16.7 Å². The number of nitrogens with zero attached hydrogens (tertiary/aromatic N) is 3. The third-order valence-electron chi connectivity index (χ3n) is 2.46. The largest absolute Gasteiger partial charge is 0.307 e. The summed E-state index contributed by atoms with van der Waals surface area (Å²) >= 11 is 0. The molecule has 82 valence electrons. The standard InChI is InChI=1S/C11H18N4/c1-9(10-5-6-14-15(10)4)13-8-11(2,3)7-12/h5-6,9,13H,8H2,1-4H3. The van der Waals surface area contributed by atoms with Crippen LogP contribution in [0.25, 0.3) is 0 Å². The van der Waals surface area contributed by atoms with Crippen molar-refractivity contribution in [2.24, 2.45) is 12.5 Å². The predicted octanol–water partition coefficient (Wildman–Crippen LogP) is 1.62. The van der Waals surface area contributed by atoms with E-state index in [1.807, 2.05) is 31.6 Å². The van der Waals surface area contributed by atoms with Crippen LogP contribution >= 0.6 is 0 Å². The highest BCUT2D eigenvalue weighted by atomic mass is 15.3. The van der Waals surface area contributed by atoms with Gasteiger partial charge in [0.2, 0.25) is 0 Å². The van der Waals surface area contributed by atoms with Gasteiger partial charge in [-0.3, -0.25) is 4.68 Å². The molecule has 0 radical (unpaired) electrons. The Hall–Kier alpha value is -1.34. The highest BCUT2D eigenvalue weighted by Gasteiger charge is 2.18. The molecule has 1 unspecified atom stereocenters. The number of hydrogen-bond acceptors (Lipinski definition) is 3. The van der Waals surface area contributed by atoms with Crippen LogP contribution in [-0.4, -0.2) is 16.3 Å². The molecule has 4 nitrogen and oxygen atoms in total. The molecule has 0 aliphatic heterocycles. The van der Waals surface area contributed by atoms with Crippen molar-refractivity contribution in [2.75, 3.05) is 6.54 Å². The average molecular weight is 206 g/mol. The summed E-state index contributed by atoms with van der Waals surface area (Å²) in [6.07, 6.45) is 1.78. The second-order valence-electron chi connectivity index (χ2n) is 4.48. The summed E-state index contributed by atoms with van der Waals surface area (Å²) < 4.78 is 1.84. The molecule has 0 spiro atoms. The Balaban J connectivity index is 2.55. The quantitative estimate of drug-likeness (QED) is 0.814. The Morgan fingerprint density at radius 2 is 2.33 bits per heavy atom. The maximum absolute atomic E-state index is 8.88. The summed E-state index contributed by atoms with van der Waals surface area (Å²) in [6.45, 7) is 6.60. The van der Waals surface area contributed by atoms with Crippen molar-refractivity contribution >= 4 is 0 Å². The fraction of sp³-hybridized carbons (Fsp3) is 0.636. The van der Waals surface area contributed by atoms with Gasteiger partial charge in [0.25, 0.3) is 0 Å². The van der Waals surface area contributed by atoms with Gasteiger partial charge in [0, 0.05) is 25.8 Å². The van der Waals surface area contributed by atoms with Gasteiger partial charge in [-0.1, -0.05) is 0 Å². The third-order valence-corrected chi connectivity index (χ3v) is 2.46. The molecule has 1 atom stereocenters. The van der Waals surface area contributed by atoms with Crippen molar-refractivity contribution < 1.29 is 0 Å². The Morgan fingerprint density at radius 3 is 2.80 bits per heavy atom. The summed E-state index contributed by atoms with van der Waals surface area (Å²) in [7, 11) is 1.92. The molecule has 0 fully saturated rings. The van der Waals surface area contributed by atoms with E-state index in [9.17, 15) is 0 Å². The van der Waals surface area contributed by atoms with Crippen LogP contribution in [0.15, 0.2) is 12.3 Å². The normalized spacial score (nSPS) is 13.5. The molecule has 1 aromatic heterocycles. The minimum Gasteiger partial charge on any atom is -0.307 e. The molecular formula is C11H18N4. The maximum Gasteiger partial charge on any atom is 0.0697 e. The highest BCUT2D eigenvalue weighted by Crippen LogP contribution is 2.15. The van der Waals surface area contributed by atoms with Crippen LogP contribution in [0.3, 0.4) is 0 Å². The van der Waals surface area contributed by atoms with E-state index in [1.165, 1.54) is 0 Å². The summed E-state index contributed by atoms with van der Waals surface area (Å²) in [5.41, 5.74) is 0.802. The maximum atomic E-state index is 8.88. The van der Waals surface area contributed by atoms with Gasteiger partial charge >= 0.3 is 0 Å². The first-order valence-electron chi connectivity index (χ1n) is 5.09. The lowest BCUT2D eigenvalue weighted by Gasteiger charge is -2.20. The molecule has 0 saturated heterocycles. The number of aromatic nitrogens is 2. The van der Waals surface area contributed by atoms with E-state index in [4.69, 9.17) is 5.26 Å².